The van der Waals surface area contributed by atoms with Crippen molar-refractivity contribution in [3.05, 3.63) is 45.0 Å². The molecule has 1 N–H and O–H groups in total. The lowest BCUT2D eigenvalue weighted by Crippen LogP contribution is -2.13. The number of thiazole rings is 1. The van der Waals surface area contributed by atoms with Gasteiger partial charge in [-0.2, -0.15) is 0 Å². The zero-order valence-corrected chi connectivity index (χ0v) is 9.18. The van der Waals surface area contributed by atoms with Crippen molar-refractivity contribution in [1.82, 2.24) is 9.97 Å². The number of pyridine rings is 1. The quantitative estimate of drug-likeness (QED) is 0.660. The zero-order chi connectivity index (χ0) is 12.3. The van der Waals surface area contributed by atoms with Crippen molar-refractivity contribution in [3.63, 3.8) is 0 Å². The Morgan fingerprint density at radius 2 is 2.24 bits per heavy atom. The number of carbonyl (C=O) groups is 1. The molecule has 0 aromatic carbocycles. The van der Waals surface area contributed by atoms with Crippen LogP contribution in [0.3, 0.4) is 0 Å². The molecule has 2 aromatic heterocycles. The van der Waals surface area contributed by atoms with Gasteiger partial charge in [-0.15, -0.1) is 11.3 Å². The van der Waals surface area contributed by atoms with E-state index in [1.54, 1.807) is 5.38 Å². The van der Waals surface area contributed by atoms with Crippen LogP contribution < -0.4 is 5.32 Å². The Balaban J connectivity index is 2.09. The molecule has 0 unspecified atom stereocenters. The molecule has 7 nitrogen and oxygen atoms in total. The number of nitro groups is 1. The lowest BCUT2D eigenvalue weighted by molar-refractivity contribution is -0.385. The van der Waals surface area contributed by atoms with Crippen molar-refractivity contribution in [2.45, 2.75) is 0 Å². The van der Waals surface area contributed by atoms with Gasteiger partial charge in [0.25, 0.3) is 11.6 Å². The minimum Gasteiger partial charge on any atom is -0.305 e. The Kier molecular flexibility index (Phi) is 3.06. The van der Waals surface area contributed by atoms with Crippen LogP contribution >= 0.6 is 11.3 Å². The van der Waals surface area contributed by atoms with Crippen LogP contribution in [-0.2, 0) is 0 Å². The summed E-state index contributed by atoms with van der Waals surface area (Å²) in [6, 6.07) is 2.63. The van der Waals surface area contributed by atoms with Crippen molar-refractivity contribution in [2.24, 2.45) is 0 Å². The van der Waals surface area contributed by atoms with Crippen LogP contribution in [0.15, 0.2) is 29.2 Å². The molecule has 0 bridgehead atoms. The summed E-state index contributed by atoms with van der Waals surface area (Å²) >= 11 is 1.30. The van der Waals surface area contributed by atoms with Gasteiger partial charge in [-0.1, -0.05) is 0 Å². The zero-order valence-electron chi connectivity index (χ0n) is 8.36. The number of amides is 1. The van der Waals surface area contributed by atoms with E-state index in [9.17, 15) is 14.9 Å². The second kappa shape index (κ2) is 4.66. The van der Waals surface area contributed by atoms with Crippen molar-refractivity contribution < 1.29 is 9.72 Å². The van der Waals surface area contributed by atoms with E-state index in [0.717, 1.165) is 6.20 Å². The fourth-order valence-corrected chi connectivity index (χ4v) is 1.61. The van der Waals surface area contributed by atoms with E-state index in [1.807, 2.05) is 0 Å². The highest BCUT2D eigenvalue weighted by molar-refractivity contribution is 7.07. The van der Waals surface area contributed by atoms with Gasteiger partial charge < -0.3 is 5.32 Å². The highest BCUT2D eigenvalue weighted by atomic mass is 32.1. The van der Waals surface area contributed by atoms with Crippen LogP contribution in [0, 0.1) is 10.1 Å². The number of rotatable bonds is 3. The second-order valence-corrected chi connectivity index (χ2v) is 3.71. The van der Waals surface area contributed by atoms with Crippen molar-refractivity contribution in [2.75, 3.05) is 5.32 Å². The first-order chi connectivity index (χ1) is 8.16. The summed E-state index contributed by atoms with van der Waals surface area (Å²) in [5.74, 6) is -0.152. The molecule has 0 saturated carbocycles. The molecule has 2 rings (SSSR count). The third-order valence-electron chi connectivity index (χ3n) is 1.87. The van der Waals surface area contributed by atoms with Crippen LogP contribution in [0.5, 0.6) is 0 Å². The maximum absolute atomic E-state index is 11.6. The molecule has 8 heteroatoms. The molecule has 0 atom stereocenters. The largest absolute Gasteiger partial charge is 0.305 e. The van der Waals surface area contributed by atoms with E-state index in [1.165, 1.54) is 29.0 Å². The molecule has 0 saturated heterocycles. The number of hydrogen-bond donors (Lipinski definition) is 1. The van der Waals surface area contributed by atoms with Crippen molar-refractivity contribution >= 4 is 28.7 Å². The summed E-state index contributed by atoms with van der Waals surface area (Å²) < 4.78 is 0. The Bertz CT molecular complexity index is 538. The summed E-state index contributed by atoms with van der Waals surface area (Å²) in [4.78, 5) is 29.0. The van der Waals surface area contributed by atoms with E-state index in [0.29, 0.717) is 0 Å². The average molecular weight is 250 g/mol. The third kappa shape index (κ3) is 2.61. The van der Waals surface area contributed by atoms with Crippen molar-refractivity contribution in [1.29, 1.82) is 0 Å². The fraction of sp³-hybridized carbons (Fsp3) is 0. The maximum atomic E-state index is 11.6. The van der Waals surface area contributed by atoms with Gasteiger partial charge in [-0.3, -0.25) is 14.9 Å². The van der Waals surface area contributed by atoms with Gasteiger partial charge in [0.1, 0.15) is 17.7 Å². The standard InChI is InChI=1S/C9H6N4O3S/c14-9(7-4-17-5-11-7)12-8-2-1-6(3-10-8)13(15)16/h1-5H,(H,10,12,14). The fourth-order valence-electron chi connectivity index (χ4n) is 1.07. The van der Waals surface area contributed by atoms with Crippen LogP contribution in [0.4, 0.5) is 11.5 Å². The van der Waals surface area contributed by atoms with Gasteiger partial charge in [0.2, 0.25) is 0 Å². The molecule has 2 heterocycles. The van der Waals surface area contributed by atoms with Gasteiger partial charge in [0.05, 0.1) is 10.4 Å². The first-order valence-corrected chi connectivity index (χ1v) is 5.41. The molecule has 2 aromatic rings. The SMILES string of the molecule is O=C(Nc1ccc([N+](=O)[O-])cn1)c1cscn1. The Hall–Kier alpha value is -2.35. The van der Waals surface area contributed by atoms with Gasteiger partial charge >= 0.3 is 0 Å². The monoisotopic (exact) mass is 250 g/mol. The molecule has 0 fully saturated rings. The molecule has 0 aliphatic carbocycles. The Morgan fingerprint density at radius 1 is 1.41 bits per heavy atom. The smallest absolute Gasteiger partial charge is 0.287 e. The number of aromatic nitrogens is 2. The van der Waals surface area contributed by atoms with Gasteiger partial charge in [-0.05, 0) is 6.07 Å². The van der Waals surface area contributed by atoms with E-state index in [-0.39, 0.29) is 17.2 Å². The van der Waals surface area contributed by atoms with Crippen molar-refractivity contribution in [3.8, 4) is 0 Å². The minimum absolute atomic E-state index is 0.128. The molecular formula is C9H6N4O3S. The first kappa shape index (κ1) is 11.1. The molecule has 86 valence electrons. The highest BCUT2D eigenvalue weighted by Crippen LogP contribution is 2.12. The van der Waals surface area contributed by atoms with Gasteiger partial charge in [0.15, 0.2) is 0 Å². The predicted molar refractivity (Wildman–Crippen MR) is 61.0 cm³/mol. The van der Waals surface area contributed by atoms with Crippen LogP contribution in [0.1, 0.15) is 10.5 Å². The lowest BCUT2D eigenvalue weighted by Gasteiger charge is -2.00. The van der Waals surface area contributed by atoms with E-state index < -0.39 is 10.8 Å². The summed E-state index contributed by atoms with van der Waals surface area (Å²) in [5, 5.41) is 14.5. The predicted octanol–water partition coefficient (Wildman–Crippen LogP) is 1.70. The molecule has 0 aliphatic heterocycles. The van der Waals surface area contributed by atoms with Crippen LogP contribution in [-0.4, -0.2) is 20.8 Å². The Morgan fingerprint density at radius 3 is 2.76 bits per heavy atom. The summed E-state index contributed by atoms with van der Waals surface area (Å²) in [6.07, 6.45) is 1.08. The summed E-state index contributed by atoms with van der Waals surface area (Å²) in [6.45, 7) is 0. The number of nitrogens with one attached hydrogen (secondary N) is 1. The number of anilines is 1. The number of carbonyl (C=O) groups excluding carboxylic acids is 1. The number of nitrogens with zero attached hydrogens (tertiary/aromatic N) is 3. The molecular weight excluding hydrogens is 244 g/mol. The molecule has 0 radical (unpaired) electrons. The molecule has 1 amide bonds. The molecule has 17 heavy (non-hydrogen) atoms. The summed E-state index contributed by atoms with van der Waals surface area (Å²) in [5.41, 5.74) is 1.70. The van der Waals surface area contributed by atoms with E-state index >= 15 is 0 Å². The summed E-state index contributed by atoms with van der Waals surface area (Å²) in [7, 11) is 0. The number of hydrogen-bond acceptors (Lipinski definition) is 6. The van der Waals surface area contributed by atoms with Gasteiger partial charge in [0, 0.05) is 11.4 Å². The van der Waals surface area contributed by atoms with Crippen LogP contribution in [0.2, 0.25) is 0 Å². The second-order valence-electron chi connectivity index (χ2n) is 2.99. The average Bonchev–Trinajstić information content (AvgIpc) is 2.83. The maximum Gasteiger partial charge on any atom is 0.287 e. The minimum atomic E-state index is -0.557. The lowest BCUT2D eigenvalue weighted by atomic mass is 10.4. The topological polar surface area (TPSA) is 98.0 Å². The van der Waals surface area contributed by atoms with E-state index in [2.05, 4.69) is 15.3 Å². The molecule has 0 spiro atoms. The van der Waals surface area contributed by atoms with Gasteiger partial charge in [-0.25, -0.2) is 9.97 Å². The van der Waals surface area contributed by atoms with E-state index in [4.69, 9.17) is 0 Å². The third-order valence-corrected chi connectivity index (χ3v) is 2.45. The first-order valence-electron chi connectivity index (χ1n) is 4.47. The van der Waals surface area contributed by atoms with Crippen LogP contribution in [0.25, 0.3) is 0 Å². The molecule has 0 aliphatic rings. The normalized spacial score (nSPS) is 9.88. The highest BCUT2D eigenvalue weighted by Gasteiger charge is 2.10. The Labute approximate surface area is 99.3 Å².